The zero-order valence-corrected chi connectivity index (χ0v) is 33.7. The molecular formula is C42H69N3O7. The smallest absolute Gasteiger partial charge is 0.410 e. The minimum atomic E-state index is -0.533. The fourth-order valence-electron chi connectivity index (χ4n) is 13.9. The van der Waals surface area contributed by atoms with Gasteiger partial charge in [0, 0.05) is 25.2 Å². The van der Waals surface area contributed by atoms with E-state index in [9.17, 15) is 9.59 Å². The van der Waals surface area contributed by atoms with Crippen LogP contribution in [0.5, 0.6) is 0 Å². The van der Waals surface area contributed by atoms with Crippen LogP contribution in [0.3, 0.4) is 0 Å². The van der Waals surface area contributed by atoms with Gasteiger partial charge in [-0.2, -0.15) is 0 Å². The Bertz CT molecular complexity index is 1400. The zero-order valence-electron chi connectivity index (χ0n) is 33.7. The van der Waals surface area contributed by atoms with Crippen molar-refractivity contribution in [2.45, 2.75) is 162 Å². The molecule has 5 saturated carbocycles. The van der Waals surface area contributed by atoms with Crippen LogP contribution in [-0.4, -0.2) is 96.6 Å². The van der Waals surface area contributed by atoms with Crippen molar-refractivity contribution in [3.05, 3.63) is 0 Å². The number of ether oxygens (including phenoxy) is 5. The number of fused-ring (bicyclic) bond motifs is 4. The van der Waals surface area contributed by atoms with Crippen molar-refractivity contribution >= 4 is 12.2 Å². The normalized spacial score (nSPS) is 46.8. The van der Waals surface area contributed by atoms with Gasteiger partial charge < -0.3 is 39.2 Å². The Hall–Kier alpha value is -1.62. The maximum absolute atomic E-state index is 13.0. The van der Waals surface area contributed by atoms with Crippen LogP contribution < -0.4 is 5.73 Å². The van der Waals surface area contributed by atoms with Crippen LogP contribution in [0.2, 0.25) is 0 Å². The van der Waals surface area contributed by atoms with Crippen LogP contribution in [0.1, 0.15) is 120 Å². The lowest BCUT2D eigenvalue weighted by Crippen LogP contribution is -2.65. The Balaban J connectivity index is 0.968. The first kappa shape index (κ1) is 37.3. The zero-order chi connectivity index (χ0) is 37.2. The van der Waals surface area contributed by atoms with E-state index in [0.717, 1.165) is 38.8 Å². The van der Waals surface area contributed by atoms with Gasteiger partial charge in [0.25, 0.3) is 0 Å². The number of hydrogen-bond acceptors (Lipinski definition) is 8. The van der Waals surface area contributed by atoms with Gasteiger partial charge in [0.1, 0.15) is 11.7 Å². The third-order valence-corrected chi connectivity index (χ3v) is 16.4. The highest BCUT2D eigenvalue weighted by molar-refractivity contribution is 5.69. The van der Waals surface area contributed by atoms with Crippen molar-refractivity contribution in [2.75, 3.05) is 32.8 Å². The van der Waals surface area contributed by atoms with E-state index in [1.165, 1.54) is 32.1 Å². The summed E-state index contributed by atoms with van der Waals surface area (Å²) < 4.78 is 32.0. The van der Waals surface area contributed by atoms with E-state index in [2.05, 4.69) is 41.5 Å². The molecule has 2 amide bonds. The third-order valence-electron chi connectivity index (χ3n) is 16.4. The van der Waals surface area contributed by atoms with Crippen molar-refractivity contribution in [2.24, 2.45) is 63.4 Å². The highest BCUT2D eigenvalue weighted by atomic mass is 16.7. The number of carbonyl (C=O) groups is 2. The number of morpholine rings is 1. The molecule has 8 aliphatic rings. The predicted octanol–water partition coefficient (Wildman–Crippen LogP) is 7.22. The van der Waals surface area contributed by atoms with E-state index in [1.54, 1.807) is 4.90 Å². The Kier molecular flexibility index (Phi) is 9.12. The second-order valence-electron chi connectivity index (χ2n) is 20.8. The van der Waals surface area contributed by atoms with E-state index in [0.29, 0.717) is 60.6 Å². The monoisotopic (exact) mass is 728 g/mol. The van der Waals surface area contributed by atoms with Gasteiger partial charge in [-0.05, 0) is 136 Å². The molecular weight excluding hydrogens is 658 g/mol. The average Bonchev–Trinajstić information content (AvgIpc) is 3.63. The average molecular weight is 728 g/mol. The Morgan fingerprint density at radius 2 is 1.65 bits per heavy atom. The van der Waals surface area contributed by atoms with E-state index < -0.39 is 11.9 Å². The second kappa shape index (κ2) is 12.7. The number of rotatable bonds is 5. The second-order valence-corrected chi connectivity index (χ2v) is 20.8. The van der Waals surface area contributed by atoms with Gasteiger partial charge in [0.05, 0.1) is 31.5 Å². The molecule has 294 valence electrons. The van der Waals surface area contributed by atoms with Crippen LogP contribution in [0, 0.1) is 57.7 Å². The first-order valence-electron chi connectivity index (χ1n) is 21.1. The minimum absolute atomic E-state index is 0.0121. The number of nitrogens with two attached hydrogens (primary N) is 1. The molecule has 5 aliphatic carbocycles. The Morgan fingerprint density at radius 1 is 0.923 bits per heavy atom. The van der Waals surface area contributed by atoms with Gasteiger partial charge in [-0.3, -0.25) is 0 Å². The summed E-state index contributed by atoms with van der Waals surface area (Å²) in [6.07, 6.45) is 8.82. The van der Waals surface area contributed by atoms with Crippen molar-refractivity contribution in [1.82, 2.24) is 9.80 Å². The number of hydrogen-bond donors (Lipinski definition) is 1. The van der Waals surface area contributed by atoms with Gasteiger partial charge in [-0.15, -0.1) is 0 Å². The molecule has 0 radical (unpaired) electrons. The summed E-state index contributed by atoms with van der Waals surface area (Å²) in [7, 11) is 0. The summed E-state index contributed by atoms with van der Waals surface area (Å²) in [5.74, 6) is 3.54. The van der Waals surface area contributed by atoms with Gasteiger partial charge in [-0.25, -0.2) is 9.59 Å². The first-order valence-corrected chi connectivity index (χ1v) is 21.1. The summed E-state index contributed by atoms with van der Waals surface area (Å²) in [6, 6.07) is 0. The molecule has 0 aromatic heterocycles. The maximum Gasteiger partial charge on any atom is 0.410 e. The molecule has 2 N–H and O–H groups in total. The summed E-state index contributed by atoms with van der Waals surface area (Å²) in [5.41, 5.74) is 7.52. The van der Waals surface area contributed by atoms with Crippen molar-refractivity contribution < 1.29 is 33.3 Å². The molecule has 1 spiro atoms. The minimum Gasteiger partial charge on any atom is -0.444 e. The Labute approximate surface area is 312 Å². The van der Waals surface area contributed by atoms with Crippen molar-refractivity contribution in [3.8, 4) is 0 Å². The molecule has 8 fully saturated rings. The van der Waals surface area contributed by atoms with Gasteiger partial charge in [0.2, 0.25) is 0 Å². The lowest BCUT2D eigenvalue weighted by atomic mass is 9.47. The Morgan fingerprint density at radius 3 is 2.33 bits per heavy atom. The highest BCUT2D eigenvalue weighted by Crippen LogP contribution is 2.83. The fraction of sp³-hybridized carbons (Fsp3) is 0.952. The molecule has 52 heavy (non-hydrogen) atoms. The van der Waals surface area contributed by atoms with E-state index in [-0.39, 0.29) is 58.9 Å². The molecule has 14 atom stereocenters. The maximum atomic E-state index is 13.0. The molecule has 3 saturated heterocycles. The standard InChI is InChI=1S/C42H69N3O7/c1-24(2)35(51-36(46)44-17-10-18-44)28-21-25(3)33-29(49-28)22-42(43)30-13-11-26-34-27(41(30,34)16-15-40(33,42)9)12-14-31(39(26,7)8)50-32-23-45(19-20-48-32)37(47)52-38(4,5)6/h24-35H,10-23,43H2,1-9H3/t25-,26-,27-,28?,29?,30?,31+,32?,33+,34?,35-,40?,41-,42-/m1/s1. The van der Waals surface area contributed by atoms with E-state index in [1.807, 2.05) is 25.7 Å². The topological polar surface area (TPSA) is 113 Å². The molecule has 8 rings (SSSR count). The molecule has 0 bridgehead atoms. The van der Waals surface area contributed by atoms with E-state index in [4.69, 9.17) is 29.4 Å². The summed E-state index contributed by atoms with van der Waals surface area (Å²) >= 11 is 0. The predicted molar refractivity (Wildman–Crippen MR) is 197 cm³/mol. The molecule has 10 nitrogen and oxygen atoms in total. The van der Waals surface area contributed by atoms with Crippen LogP contribution in [0.4, 0.5) is 9.59 Å². The SMILES string of the molecule is CC(C)[C@@H](OC(=O)N1CCC1)C1C[C@@H](C)[C@H]2C(C[C@@]3(N)C4CC[C@@H]5C6[C@@H](CC[C@H](OC7CN(C(=O)OC(C)(C)C)CCO7)C5(C)C)[C@@]64CCC23C)O1. The lowest BCUT2D eigenvalue weighted by molar-refractivity contribution is -0.227. The highest BCUT2D eigenvalue weighted by Gasteiger charge is 2.81. The molecule has 6 unspecified atom stereocenters. The third kappa shape index (κ3) is 5.67. The van der Waals surface area contributed by atoms with Crippen LogP contribution in [0.25, 0.3) is 0 Å². The lowest BCUT2D eigenvalue weighted by Gasteiger charge is -2.60. The molecule has 0 aromatic rings. The number of likely N-dealkylation sites (tertiary alicyclic amines) is 1. The van der Waals surface area contributed by atoms with Gasteiger partial charge >= 0.3 is 12.2 Å². The van der Waals surface area contributed by atoms with Crippen LogP contribution >= 0.6 is 0 Å². The first-order chi connectivity index (χ1) is 24.4. The number of amides is 2. The quantitative estimate of drug-likeness (QED) is 0.316. The molecule has 3 heterocycles. The largest absolute Gasteiger partial charge is 0.444 e. The molecule has 10 heteroatoms. The van der Waals surface area contributed by atoms with Crippen LogP contribution in [0.15, 0.2) is 0 Å². The van der Waals surface area contributed by atoms with Crippen LogP contribution in [-0.2, 0) is 23.7 Å². The van der Waals surface area contributed by atoms with Crippen molar-refractivity contribution in [1.29, 1.82) is 0 Å². The number of nitrogens with zero attached hydrogens (tertiary/aromatic N) is 2. The van der Waals surface area contributed by atoms with Gasteiger partial charge in [-0.1, -0.05) is 41.5 Å². The summed E-state index contributed by atoms with van der Waals surface area (Å²) in [4.78, 5) is 29.4. The molecule has 0 aromatic carbocycles. The number of carbonyl (C=O) groups excluding carboxylic acids is 2. The molecule has 3 aliphatic heterocycles. The summed E-state index contributed by atoms with van der Waals surface area (Å²) in [6.45, 7) is 22.8. The fourth-order valence-corrected chi connectivity index (χ4v) is 13.9. The van der Waals surface area contributed by atoms with E-state index >= 15 is 0 Å². The summed E-state index contributed by atoms with van der Waals surface area (Å²) in [5, 5.41) is 0. The van der Waals surface area contributed by atoms with Crippen molar-refractivity contribution in [3.63, 3.8) is 0 Å². The van der Waals surface area contributed by atoms with Gasteiger partial charge in [0.15, 0.2) is 6.29 Å².